The van der Waals surface area contributed by atoms with Gasteiger partial charge >= 0.3 is 17.9 Å². The number of carbonyl (C=O) groups is 3. The van der Waals surface area contributed by atoms with Crippen LogP contribution in [0.25, 0.3) is 0 Å². The summed E-state index contributed by atoms with van der Waals surface area (Å²) in [4.78, 5) is 38.1. The highest BCUT2D eigenvalue weighted by Crippen LogP contribution is 2.18. The van der Waals surface area contributed by atoms with Crippen molar-refractivity contribution in [3.8, 4) is 0 Å². The minimum absolute atomic E-state index is 0.0689. The molecule has 0 N–H and O–H groups in total. The molecule has 0 aliphatic carbocycles. The minimum atomic E-state index is -0.769. The van der Waals surface area contributed by atoms with Gasteiger partial charge in [-0.05, 0) is 64.2 Å². The van der Waals surface area contributed by atoms with Gasteiger partial charge in [0.2, 0.25) is 0 Å². The summed E-state index contributed by atoms with van der Waals surface area (Å²) in [5.74, 6) is -0.857. The molecule has 75 heavy (non-hydrogen) atoms. The predicted molar refractivity (Wildman–Crippen MR) is 326 cm³/mol. The first-order valence-electron chi connectivity index (χ1n) is 33.8. The fourth-order valence-electron chi connectivity index (χ4n) is 10.3. The summed E-state index contributed by atoms with van der Waals surface area (Å²) in [5.41, 5.74) is 0. The van der Waals surface area contributed by atoms with Crippen molar-refractivity contribution in [1.29, 1.82) is 0 Å². The Hall–Kier alpha value is -2.11. The Labute approximate surface area is 468 Å². The Morgan fingerprint density at radius 1 is 0.253 bits per heavy atom. The number of carbonyl (C=O) groups excluding carboxylic acids is 3. The molecule has 442 valence electrons. The van der Waals surface area contributed by atoms with Crippen molar-refractivity contribution < 1.29 is 28.6 Å². The van der Waals surface area contributed by atoms with E-state index >= 15 is 0 Å². The lowest BCUT2D eigenvalue weighted by atomic mass is 10.0. The van der Waals surface area contributed by atoms with Crippen molar-refractivity contribution in [1.82, 2.24) is 0 Å². The second-order valence-corrected chi connectivity index (χ2v) is 23.1. The Balaban J connectivity index is 3.93. The summed E-state index contributed by atoms with van der Waals surface area (Å²) < 4.78 is 16.9. The van der Waals surface area contributed by atoms with Gasteiger partial charge in [-0.25, -0.2) is 0 Å². The van der Waals surface area contributed by atoms with Gasteiger partial charge < -0.3 is 14.2 Å². The Bertz CT molecular complexity index is 1210. The van der Waals surface area contributed by atoms with E-state index in [1.54, 1.807) is 0 Å². The van der Waals surface area contributed by atoms with Crippen LogP contribution in [0.1, 0.15) is 380 Å². The maximum absolute atomic E-state index is 12.8. The molecule has 0 radical (unpaired) electrons. The molecule has 0 aromatic heterocycles. The molecule has 0 aromatic rings. The van der Waals surface area contributed by atoms with Crippen LogP contribution in [0.3, 0.4) is 0 Å². The van der Waals surface area contributed by atoms with Crippen LogP contribution in [0.2, 0.25) is 0 Å². The molecular formula is C69H130O6. The van der Waals surface area contributed by atoms with Crippen LogP contribution in [0.15, 0.2) is 24.3 Å². The molecule has 0 fully saturated rings. The second-order valence-electron chi connectivity index (χ2n) is 23.1. The molecule has 0 aliphatic heterocycles. The molecule has 6 nitrogen and oxygen atoms in total. The Morgan fingerprint density at radius 3 is 0.707 bits per heavy atom. The van der Waals surface area contributed by atoms with Crippen molar-refractivity contribution in [2.24, 2.45) is 0 Å². The summed E-state index contributed by atoms with van der Waals surface area (Å²) in [6.45, 7) is 6.64. The summed E-state index contributed by atoms with van der Waals surface area (Å²) in [7, 11) is 0. The molecule has 1 unspecified atom stereocenters. The summed E-state index contributed by atoms with van der Waals surface area (Å²) in [6.07, 6.45) is 78.1. The highest BCUT2D eigenvalue weighted by Gasteiger charge is 2.19. The molecule has 0 rings (SSSR count). The van der Waals surface area contributed by atoms with E-state index in [2.05, 4.69) is 45.1 Å². The van der Waals surface area contributed by atoms with Gasteiger partial charge in [0.15, 0.2) is 6.10 Å². The van der Waals surface area contributed by atoms with E-state index in [1.807, 2.05) is 0 Å². The first kappa shape index (κ1) is 72.9. The lowest BCUT2D eigenvalue weighted by Gasteiger charge is -2.18. The van der Waals surface area contributed by atoms with Gasteiger partial charge in [0, 0.05) is 19.3 Å². The molecule has 0 bridgehead atoms. The van der Waals surface area contributed by atoms with Crippen LogP contribution in [0, 0.1) is 0 Å². The van der Waals surface area contributed by atoms with Crippen LogP contribution in [-0.2, 0) is 28.6 Å². The fraction of sp³-hybridized carbons (Fsp3) is 0.899. The van der Waals surface area contributed by atoms with Crippen LogP contribution < -0.4 is 0 Å². The summed E-state index contributed by atoms with van der Waals surface area (Å²) in [6, 6.07) is 0. The van der Waals surface area contributed by atoms with E-state index < -0.39 is 6.10 Å². The van der Waals surface area contributed by atoms with E-state index in [0.717, 1.165) is 64.2 Å². The molecule has 0 saturated heterocycles. The fourth-order valence-corrected chi connectivity index (χ4v) is 10.3. The maximum Gasteiger partial charge on any atom is 0.306 e. The minimum Gasteiger partial charge on any atom is -0.462 e. The maximum atomic E-state index is 12.8. The normalized spacial score (nSPS) is 12.1. The number of rotatable bonds is 63. The molecule has 1 atom stereocenters. The van der Waals surface area contributed by atoms with Crippen LogP contribution >= 0.6 is 0 Å². The Kier molecular flexibility index (Phi) is 62.6. The molecule has 0 aliphatic rings. The van der Waals surface area contributed by atoms with E-state index in [4.69, 9.17) is 14.2 Å². The average molecular weight is 1060 g/mol. The predicted octanol–water partition coefficient (Wildman–Crippen LogP) is 23.0. The van der Waals surface area contributed by atoms with E-state index in [1.165, 1.54) is 276 Å². The summed E-state index contributed by atoms with van der Waals surface area (Å²) >= 11 is 0. The topological polar surface area (TPSA) is 78.9 Å². The van der Waals surface area contributed by atoms with Crippen molar-refractivity contribution in [2.75, 3.05) is 13.2 Å². The third-order valence-electron chi connectivity index (χ3n) is 15.4. The van der Waals surface area contributed by atoms with Gasteiger partial charge in [0.25, 0.3) is 0 Å². The highest BCUT2D eigenvalue weighted by molar-refractivity contribution is 5.71. The van der Waals surface area contributed by atoms with Crippen LogP contribution in [0.5, 0.6) is 0 Å². The zero-order chi connectivity index (χ0) is 54.3. The van der Waals surface area contributed by atoms with Crippen molar-refractivity contribution >= 4 is 17.9 Å². The molecule has 0 saturated carbocycles. The van der Waals surface area contributed by atoms with E-state index in [-0.39, 0.29) is 31.1 Å². The van der Waals surface area contributed by atoms with Gasteiger partial charge in [-0.15, -0.1) is 0 Å². The highest BCUT2D eigenvalue weighted by atomic mass is 16.6. The second kappa shape index (κ2) is 64.4. The number of hydrogen-bond acceptors (Lipinski definition) is 6. The molecule has 0 amide bonds. The number of esters is 3. The van der Waals surface area contributed by atoms with E-state index in [9.17, 15) is 14.4 Å². The zero-order valence-corrected chi connectivity index (χ0v) is 50.8. The van der Waals surface area contributed by atoms with Crippen molar-refractivity contribution in [3.63, 3.8) is 0 Å². The standard InChI is InChI=1S/C69H130O6/c1-4-7-10-13-16-19-22-23-24-25-26-27-28-29-30-31-32-33-34-35-36-37-38-39-40-41-42-43-44-45-48-50-53-56-59-62-68(71)74-65-66(75-69(72)63-60-57-54-51-47-21-18-15-12-9-6-3)64-73-67(70)61-58-55-52-49-46-20-17-14-11-8-5-2/h15,18,25-26,66H,4-14,16-17,19-24,27-65H2,1-3H3/b18-15-,26-25-. The average Bonchev–Trinajstić information content (AvgIpc) is 3.41. The lowest BCUT2D eigenvalue weighted by Crippen LogP contribution is -2.30. The van der Waals surface area contributed by atoms with Crippen LogP contribution in [0.4, 0.5) is 0 Å². The number of allylic oxidation sites excluding steroid dienone is 4. The van der Waals surface area contributed by atoms with Crippen molar-refractivity contribution in [2.45, 2.75) is 386 Å². The molecule has 6 heteroatoms. The van der Waals surface area contributed by atoms with Gasteiger partial charge in [0.1, 0.15) is 13.2 Å². The quantitative estimate of drug-likeness (QED) is 0.0261. The molecule has 0 heterocycles. The third-order valence-corrected chi connectivity index (χ3v) is 15.4. The SMILES string of the molecule is CCCC/C=C\CCCCCCCC(=O)OC(COC(=O)CCCCCCCCCCCCC)COC(=O)CCCCCCCCCCCCCCCCCCCCCCCCC/C=C\CCCCCCCCCC. The van der Waals surface area contributed by atoms with Crippen LogP contribution in [-0.4, -0.2) is 37.2 Å². The van der Waals surface area contributed by atoms with Gasteiger partial charge in [-0.2, -0.15) is 0 Å². The first-order valence-corrected chi connectivity index (χ1v) is 33.8. The lowest BCUT2D eigenvalue weighted by molar-refractivity contribution is -0.167. The van der Waals surface area contributed by atoms with E-state index in [0.29, 0.717) is 19.3 Å². The number of hydrogen-bond donors (Lipinski definition) is 0. The van der Waals surface area contributed by atoms with Gasteiger partial charge in [-0.1, -0.05) is 321 Å². The number of ether oxygens (including phenoxy) is 3. The molecule has 0 spiro atoms. The zero-order valence-electron chi connectivity index (χ0n) is 50.8. The Morgan fingerprint density at radius 2 is 0.453 bits per heavy atom. The molecule has 0 aromatic carbocycles. The van der Waals surface area contributed by atoms with Gasteiger partial charge in [-0.3, -0.25) is 14.4 Å². The largest absolute Gasteiger partial charge is 0.462 e. The van der Waals surface area contributed by atoms with Crippen molar-refractivity contribution in [3.05, 3.63) is 24.3 Å². The monoisotopic (exact) mass is 1050 g/mol. The number of unbranched alkanes of at least 4 members (excludes halogenated alkanes) is 48. The third kappa shape index (κ3) is 62.6. The van der Waals surface area contributed by atoms with Gasteiger partial charge in [0.05, 0.1) is 0 Å². The summed E-state index contributed by atoms with van der Waals surface area (Å²) in [5, 5.41) is 0. The smallest absolute Gasteiger partial charge is 0.306 e. The molecular weight excluding hydrogens is 925 g/mol. The first-order chi connectivity index (χ1) is 37.0.